The Hall–Kier alpha value is -3.30. The van der Waals surface area contributed by atoms with Crippen LogP contribution in [0, 0.1) is 5.92 Å². The van der Waals surface area contributed by atoms with Crippen LogP contribution in [-0.2, 0) is 33.9 Å². The predicted octanol–water partition coefficient (Wildman–Crippen LogP) is 2.39. The number of hydrogen-bond acceptors (Lipinski definition) is 9. The number of aliphatic carboxylic acids is 1. The van der Waals surface area contributed by atoms with E-state index in [4.69, 9.17) is 15.8 Å². The molecule has 2 aliphatic heterocycles. The molecule has 12 nitrogen and oxygen atoms in total. The lowest BCUT2D eigenvalue weighted by Gasteiger charge is -2.44. The minimum absolute atomic E-state index is 0.00816. The van der Waals surface area contributed by atoms with Gasteiger partial charge in [0.25, 0.3) is 16.0 Å². The molecule has 1 aromatic heterocycles. The number of anilines is 1. The third-order valence-corrected chi connectivity index (χ3v) is 10.1. The Bertz CT molecular complexity index is 1710. The van der Waals surface area contributed by atoms with Gasteiger partial charge < -0.3 is 14.9 Å². The molecule has 0 saturated carbocycles. The molecule has 1 amide bonds. The van der Waals surface area contributed by atoms with Crippen LogP contribution in [0.4, 0.5) is 5.69 Å². The molecule has 0 radical (unpaired) electrons. The van der Waals surface area contributed by atoms with Crippen molar-refractivity contribution in [1.82, 2.24) is 14.2 Å². The van der Waals surface area contributed by atoms with Crippen LogP contribution in [-0.4, -0.2) is 92.7 Å². The molecule has 2 fully saturated rings. The normalized spacial score (nSPS) is 21.1. The number of rotatable bonds is 8. The summed E-state index contributed by atoms with van der Waals surface area (Å²) in [5.41, 5.74) is 1.00. The molecule has 2 atom stereocenters. The van der Waals surface area contributed by atoms with E-state index in [1.807, 2.05) is 12.1 Å². The lowest BCUT2D eigenvalue weighted by atomic mass is 9.94. The minimum atomic E-state index is -4.59. The van der Waals surface area contributed by atoms with E-state index < -0.39 is 50.8 Å². The first-order valence-electron chi connectivity index (χ1n) is 13.1. The van der Waals surface area contributed by atoms with Crippen LogP contribution in [0.1, 0.15) is 12.8 Å². The average molecular weight is 637 g/mol. The van der Waals surface area contributed by atoms with Crippen LogP contribution in [0.5, 0.6) is 0 Å². The molecule has 5 rings (SSSR count). The minimum Gasteiger partial charge on any atom is -0.480 e. The van der Waals surface area contributed by atoms with Gasteiger partial charge in [0.15, 0.2) is 0 Å². The number of carboxylic acid groups (broad SMARTS) is 1. The smallest absolute Gasteiger partial charge is 0.327 e. The largest absolute Gasteiger partial charge is 0.480 e. The van der Waals surface area contributed by atoms with Crippen molar-refractivity contribution in [3.8, 4) is 0 Å². The van der Waals surface area contributed by atoms with Gasteiger partial charge in [-0.2, -0.15) is 12.7 Å². The van der Waals surface area contributed by atoms with Crippen LogP contribution in [0.3, 0.4) is 0 Å². The molecule has 0 spiro atoms. The van der Waals surface area contributed by atoms with Crippen LogP contribution in [0.25, 0.3) is 10.8 Å². The van der Waals surface area contributed by atoms with Gasteiger partial charge in [-0.05, 0) is 65.9 Å². The number of piperazine rings is 1. The van der Waals surface area contributed by atoms with Crippen molar-refractivity contribution < 1.29 is 35.7 Å². The van der Waals surface area contributed by atoms with Gasteiger partial charge in [-0.3, -0.25) is 9.78 Å². The maximum atomic E-state index is 13.8. The Balaban J connectivity index is 1.43. The first-order valence-corrected chi connectivity index (χ1v) is 16.7. The van der Waals surface area contributed by atoms with Crippen molar-refractivity contribution >= 4 is 60.1 Å². The highest BCUT2D eigenvalue weighted by Crippen LogP contribution is 2.31. The van der Waals surface area contributed by atoms with E-state index in [0.29, 0.717) is 52.3 Å². The number of benzene rings is 2. The van der Waals surface area contributed by atoms with Crippen molar-refractivity contribution in [2.24, 2.45) is 5.92 Å². The van der Waals surface area contributed by atoms with Gasteiger partial charge in [-0.25, -0.2) is 17.4 Å². The molecule has 2 saturated heterocycles. The summed E-state index contributed by atoms with van der Waals surface area (Å²) in [5, 5.41) is 11.7. The molecule has 3 aromatic rings. The molecular weight excluding hydrogens is 608 g/mol. The lowest BCUT2D eigenvalue weighted by Crippen LogP contribution is -2.66. The Morgan fingerprint density at radius 3 is 2.31 bits per heavy atom. The van der Waals surface area contributed by atoms with Crippen molar-refractivity contribution in [3.63, 3.8) is 0 Å². The fourth-order valence-corrected chi connectivity index (χ4v) is 7.65. The standard InChI is InChI=1S/C27H29ClN4O8S2/c1-41(36,37)40-26-25(33)31(16-18-8-12-30(13-9-18)22-6-10-29-11-7-22)24(27(34)35)17-32(26)42(38,39)23-5-3-19-14-21(28)4-2-20(19)15-23/h2-7,10-11,14-15,18,24,26H,8-9,12-13,16-17H2,1H3,(H,34,35)/t24-,26?/m1/s1. The number of aromatic nitrogens is 1. The van der Waals surface area contributed by atoms with E-state index in [2.05, 4.69) is 9.88 Å². The van der Waals surface area contributed by atoms with E-state index in [1.165, 1.54) is 18.2 Å². The quantitative estimate of drug-likeness (QED) is 0.365. The average Bonchev–Trinajstić information content (AvgIpc) is 2.94. The molecule has 0 aliphatic carbocycles. The lowest BCUT2D eigenvalue weighted by molar-refractivity contribution is -0.165. The van der Waals surface area contributed by atoms with Gasteiger partial charge in [-0.15, -0.1) is 0 Å². The fraction of sp³-hybridized carbons (Fsp3) is 0.370. The number of carbonyl (C=O) groups excluding carboxylic acids is 1. The second kappa shape index (κ2) is 11.8. The van der Waals surface area contributed by atoms with Crippen LogP contribution < -0.4 is 4.90 Å². The number of pyridine rings is 1. The molecule has 0 bridgehead atoms. The number of carboxylic acids is 1. The zero-order valence-electron chi connectivity index (χ0n) is 22.5. The van der Waals surface area contributed by atoms with Crippen molar-refractivity contribution in [2.45, 2.75) is 30.0 Å². The Morgan fingerprint density at radius 1 is 1.02 bits per heavy atom. The van der Waals surface area contributed by atoms with Gasteiger partial charge in [0, 0.05) is 49.3 Å². The first kappa shape index (κ1) is 30.2. The Morgan fingerprint density at radius 2 is 1.67 bits per heavy atom. The third kappa shape index (κ3) is 6.37. The fourth-order valence-electron chi connectivity index (χ4n) is 5.39. The summed E-state index contributed by atoms with van der Waals surface area (Å²) in [4.78, 5) is 33.1. The molecule has 42 heavy (non-hydrogen) atoms. The highest BCUT2D eigenvalue weighted by molar-refractivity contribution is 7.89. The molecule has 3 heterocycles. The van der Waals surface area contributed by atoms with Crippen LogP contribution in [0.15, 0.2) is 65.8 Å². The first-order chi connectivity index (χ1) is 19.8. The Kier molecular flexibility index (Phi) is 8.45. The number of nitrogens with zero attached hydrogens (tertiary/aromatic N) is 4. The summed E-state index contributed by atoms with van der Waals surface area (Å²) in [7, 11) is -8.92. The summed E-state index contributed by atoms with van der Waals surface area (Å²) in [6.07, 6.45) is 3.27. The highest BCUT2D eigenvalue weighted by Gasteiger charge is 2.51. The number of fused-ring (bicyclic) bond motifs is 1. The maximum Gasteiger partial charge on any atom is 0.327 e. The van der Waals surface area contributed by atoms with Crippen molar-refractivity contribution in [3.05, 3.63) is 65.9 Å². The molecule has 2 aromatic carbocycles. The predicted molar refractivity (Wildman–Crippen MR) is 155 cm³/mol. The number of carbonyl (C=O) groups is 2. The summed E-state index contributed by atoms with van der Waals surface area (Å²) in [5.74, 6) is -2.56. The number of halogens is 1. The second-order valence-electron chi connectivity index (χ2n) is 10.4. The van der Waals surface area contributed by atoms with E-state index in [9.17, 15) is 31.5 Å². The Labute approximate surface area is 248 Å². The van der Waals surface area contributed by atoms with E-state index >= 15 is 0 Å². The molecular formula is C27H29ClN4O8S2. The molecule has 2 aliphatic rings. The number of piperidine rings is 1. The van der Waals surface area contributed by atoms with E-state index in [-0.39, 0.29) is 17.4 Å². The van der Waals surface area contributed by atoms with E-state index in [0.717, 1.165) is 10.6 Å². The molecule has 15 heteroatoms. The zero-order chi connectivity index (χ0) is 30.2. The van der Waals surface area contributed by atoms with Crippen molar-refractivity contribution in [1.29, 1.82) is 0 Å². The van der Waals surface area contributed by atoms with Gasteiger partial charge in [0.1, 0.15) is 6.04 Å². The van der Waals surface area contributed by atoms with Crippen molar-refractivity contribution in [2.75, 3.05) is 37.3 Å². The molecule has 1 N–H and O–H groups in total. The van der Waals surface area contributed by atoms with Crippen LogP contribution in [0.2, 0.25) is 5.02 Å². The summed E-state index contributed by atoms with van der Waals surface area (Å²) >= 11 is 6.03. The van der Waals surface area contributed by atoms with Crippen LogP contribution >= 0.6 is 11.6 Å². The highest BCUT2D eigenvalue weighted by atomic mass is 35.5. The number of amides is 1. The van der Waals surface area contributed by atoms with Gasteiger partial charge in [-0.1, -0.05) is 23.7 Å². The SMILES string of the molecule is CS(=O)(=O)OC1C(=O)N(CC2CCN(c3ccncc3)CC2)[C@@H](C(=O)O)CN1S(=O)(=O)c1ccc2cc(Cl)ccc2c1. The monoisotopic (exact) mass is 636 g/mol. The summed E-state index contributed by atoms with van der Waals surface area (Å²) in [6.45, 7) is 0.628. The molecule has 1 unspecified atom stereocenters. The second-order valence-corrected chi connectivity index (χ2v) is 14.3. The topological polar surface area (TPSA) is 154 Å². The van der Waals surface area contributed by atoms with Gasteiger partial charge in [0.05, 0.1) is 11.2 Å². The maximum absolute atomic E-state index is 13.8. The number of hydrogen-bond donors (Lipinski definition) is 1. The van der Waals surface area contributed by atoms with Gasteiger partial charge in [0.2, 0.25) is 16.3 Å². The number of sulfonamides is 1. The third-order valence-electron chi connectivity index (χ3n) is 7.51. The van der Waals surface area contributed by atoms with Gasteiger partial charge >= 0.3 is 5.97 Å². The summed E-state index contributed by atoms with van der Waals surface area (Å²) < 4.78 is 57.6. The zero-order valence-corrected chi connectivity index (χ0v) is 24.9. The molecule has 224 valence electrons. The van der Waals surface area contributed by atoms with E-state index in [1.54, 1.807) is 30.6 Å². The summed E-state index contributed by atoms with van der Waals surface area (Å²) in [6, 6.07) is 11.2.